The van der Waals surface area contributed by atoms with Crippen LogP contribution in [0.4, 0.5) is 13.2 Å². The van der Waals surface area contributed by atoms with Gasteiger partial charge in [0.05, 0.1) is 6.42 Å². The number of phenols is 1. The van der Waals surface area contributed by atoms with Gasteiger partial charge in [-0.3, -0.25) is 4.79 Å². The molecule has 6 heteroatoms. The van der Waals surface area contributed by atoms with Gasteiger partial charge in [0.2, 0.25) is 0 Å². The second-order valence-corrected chi connectivity index (χ2v) is 3.62. The summed E-state index contributed by atoms with van der Waals surface area (Å²) in [5, 5.41) is 11.3. The van der Waals surface area contributed by atoms with Gasteiger partial charge in [0.25, 0.3) is 5.91 Å². The second kappa shape index (κ2) is 5.07. The molecule has 0 saturated heterocycles. The van der Waals surface area contributed by atoms with Crippen LogP contribution in [0.25, 0.3) is 0 Å². The summed E-state index contributed by atoms with van der Waals surface area (Å²) >= 11 is 0. The van der Waals surface area contributed by atoms with Crippen LogP contribution >= 0.6 is 0 Å². The maximum absolute atomic E-state index is 11.9. The average molecular weight is 247 g/mol. The summed E-state index contributed by atoms with van der Waals surface area (Å²) in [6, 6.07) is 4.05. The van der Waals surface area contributed by atoms with Gasteiger partial charge in [-0.15, -0.1) is 0 Å². The van der Waals surface area contributed by atoms with Crippen LogP contribution in [-0.2, 0) is 0 Å². The smallest absolute Gasteiger partial charge is 0.390 e. The SMILES string of the molecule is Cc1cc(O)ccc1C(=O)NCCC(F)(F)F. The van der Waals surface area contributed by atoms with Gasteiger partial charge in [0.15, 0.2) is 0 Å². The van der Waals surface area contributed by atoms with Gasteiger partial charge in [-0.1, -0.05) is 0 Å². The summed E-state index contributed by atoms with van der Waals surface area (Å²) < 4.78 is 35.6. The third-order valence-corrected chi connectivity index (χ3v) is 2.15. The van der Waals surface area contributed by atoms with Crippen molar-refractivity contribution in [1.29, 1.82) is 0 Å². The van der Waals surface area contributed by atoms with E-state index in [1.54, 1.807) is 6.92 Å². The average Bonchev–Trinajstić information content (AvgIpc) is 2.15. The quantitative estimate of drug-likeness (QED) is 0.861. The van der Waals surface area contributed by atoms with E-state index >= 15 is 0 Å². The number of hydrogen-bond acceptors (Lipinski definition) is 2. The topological polar surface area (TPSA) is 49.3 Å². The van der Waals surface area contributed by atoms with Crippen molar-refractivity contribution in [2.75, 3.05) is 6.54 Å². The number of aromatic hydroxyl groups is 1. The van der Waals surface area contributed by atoms with Crippen LogP contribution in [0.1, 0.15) is 22.3 Å². The van der Waals surface area contributed by atoms with Crippen LogP contribution in [0.3, 0.4) is 0 Å². The third kappa shape index (κ3) is 4.34. The lowest BCUT2D eigenvalue weighted by Gasteiger charge is -2.09. The Morgan fingerprint density at radius 2 is 2.06 bits per heavy atom. The predicted molar refractivity (Wildman–Crippen MR) is 55.8 cm³/mol. The molecule has 1 aromatic carbocycles. The summed E-state index contributed by atoms with van der Waals surface area (Å²) in [4.78, 5) is 11.5. The normalized spacial score (nSPS) is 11.3. The Bertz CT molecular complexity index is 416. The van der Waals surface area contributed by atoms with E-state index in [4.69, 9.17) is 5.11 Å². The van der Waals surface area contributed by atoms with E-state index in [9.17, 15) is 18.0 Å². The standard InChI is InChI=1S/C11H12F3NO2/c1-7-6-8(16)2-3-9(7)10(17)15-5-4-11(12,13)14/h2-3,6,16H,4-5H2,1H3,(H,15,17). The van der Waals surface area contributed by atoms with Crippen molar-refractivity contribution in [3.63, 3.8) is 0 Å². The van der Waals surface area contributed by atoms with Gasteiger partial charge in [-0.05, 0) is 30.7 Å². The lowest BCUT2D eigenvalue weighted by Crippen LogP contribution is -2.28. The van der Waals surface area contributed by atoms with Gasteiger partial charge in [-0.25, -0.2) is 0 Å². The minimum atomic E-state index is -4.28. The van der Waals surface area contributed by atoms with E-state index in [1.807, 2.05) is 0 Å². The lowest BCUT2D eigenvalue weighted by atomic mass is 10.1. The van der Waals surface area contributed by atoms with Crippen LogP contribution < -0.4 is 5.32 Å². The van der Waals surface area contributed by atoms with Crippen LogP contribution in [0.5, 0.6) is 5.75 Å². The molecule has 1 aromatic rings. The van der Waals surface area contributed by atoms with E-state index in [2.05, 4.69) is 5.32 Å². The van der Waals surface area contributed by atoms with Crippen LogP contribution in [0.15, 0.2) is 18.2 Å². The molecule has 0 atom stereocenters. The molecule has 0 saturated carbocycles. The molecule has 3 nitrogen and oxygen atoms in total. The van der Waals surface area contributed by atoms with E-state index in [1.165, 1.54) is 18.2 Å². The number of phenolic OH excluding ortho intramolecular Hbond substituents is 1. The largest absolute Gasteiger partial charge is 0.508 e. The summed E-state index contributed by atoms with van der Waals surface area (Å²) in [6.07, 6.45) is -5.34. The molecule has 0 spiro atoms. The number of alkyl halides is 3. The number of nitrogens with one attached hydrogen (secondary N) is 1. The third-order valence-electron chi connectivity index (χ3n) is 2.15. The number of benzene rings is 1. The summed E-state index contributed by atoms with van der Waals surface area (Å²) in [5.41, 5.74) is 0.763. The molecule has 0 fully saturated rings. The van der Waals surface area contributed by atoms with Crippen molar-refractivity contribution in [3.05, 3.63) is 29.3 Å². The first-order valence-electron chi connectivity index (χ1n) is 4.94. The lowest BCUT2D eigenvalue weighted by molar-refractivity contribution is -0.132. The highest BCUT2D eigenvalue weighted by Crippen LogP contribution is 2.19. The molecule has 0 unspecified atom stereocenters. The molecular formula is C11H12F3NO2. The molecule has 0 bridgehead atoms. The van der Waals surface area contributed by atoms with Crippen LogP contribution in [0, 0.1) is 6.92 Å². The fraction of sp³-hybridized carbons (Fsp3) is 0.364. The van der Waals surface area contributed by atoms with Crippen molar-refractivity contribution < 1.29 is 23.1 Å². The fourth-order valence-electron chi connectivity index (χ4n) is 1.32. The minimum Gasteiger partial charge on any atom is -0.508 e. The zero-order chi connectivity index (χ0) is 13.1. The second-order valence-electron chi connectivity index (χ2n) is 3.62. The molecular weight excluding hydrogens is 235 g/mol. The summed E-state index contributed by atoms with van der Waals surface area (Å²) in [6.45, 7) is 1.14. The zero-order valence-electron chi connectivity index (χ0n) is 9.14. The van der Waals surface area contributed by atoms with Crippen molar-refractivity contribution in [3.8, 4) is 5.75 Å². The highest BCUT2D eigenvalue weighted by molar-refractivity contribution is 5.95. The number of aryl methyl sites for hydroxylation is 1. The number of carbonyl (C=O) groups excluding carboxylic acids is 1. The van der Waals surface area contributed by atoms with E-state index in [-0.39, 0.29) is 11.3 Å². The van der Waals surface area contributed by atoms with Crippen LogP contribution in [-0.4, -0.2) is 23.7 Å². The maximum atomic E-state index is 11.9. The number of amides is 1. The number of carbonyl (C=O) groups is 1. The first-order chi connectivity index (χ1) is 7.79. The Labute approximate surface area is 96.3 Å². The Morgan fingerprint density at radius 3 is 2.59 bits per heavy atom. The molecule has 0 aliphatic carbocycles. The molecule has 0 aliphatic rings. The first kappa shape index (κ1) is 13.3. The highest BCUT2D eigenvalue weighted by atomic mass is 19.4. The molecule has 0 heterocycles. The molecule has 0 aliphatic heterocycles. The predicted octanol–water partition coefficient (Wildman–Crippen LogP) is 2.38. The summed E-state index contributed by atoms with van der Waals surface area (Å²) in [5.74, 6) is -0.568. The van der Waals surface area contributed by atoms with Crippen molar-refractivity contribution in [2.24, 2.45) is 0 Å². The summed E-state index contributed by atoms with van der Waals surface area (Å²) in [7, 11) is 0. The Balaban J connectivity index is 2.59. The Kier molecular flexibility index (Phi) is 3.98. The minimum absolute atomic E-state index is 0.00865. The van der Waals surface area contributed by atoms with Crippen molar-refractivity contribution in [2.45, 2.75) is 19.5 Å². The molecule has 1 rings (SSSR count). The van der Waals surface area contributed by atoms with Gasteiger partial charge in [-0.2, -0.15) is 13.2 Å². The van der Waals surface area contributed by atoms with Gasteiger partial charge >= 0.3 is 6.18 Å². The molecule has 17 heavy (non-hydrogen) atoms. The first-order valence-corrected chi connectivity index (χ1v) is 4.94. The zero-order valence-corrected chi connectivity index (χ0v) is 9.14. The molecule has 1 amide bonds. The van der Waals surface area contributed by atoms with E-state index < -0.39 is 25.0 Å². The molecule has 0 radical (unpaired) electrons. The Morgan fingerprint density at radius 1 is 1.41 bits per heavy atom. The molecule has 0 aromatic heterocycles. The van der Waals surface area contributed by atoms with E-state index in [0.717, 1.165) is 0 Å². The van der Waals surface area contributed by atoms with Crippen LogP contribution in [0.2, 0.25) is 0 Å². The van der Waals surface area contributed by atoms with Crippen molar-refractivity contribution >= 4 is 5.91 Å². The molecule has 94 valence electrons. The fourth-order valence-corrected chi connectivity index (χ4v) is 1.32. The number of hydrogen-bond donors (Lipinski definition) is 2. The van der Waals surface area contributed by atoms with Gasteiger partial charge in [0, 0.05) is 12.1 Å². The molecule has 2 N–H and O–H groups in total. The Hall–Kier alpha value is -1.72. The number of rotatable bonds is 3. The maximum Gasteiger partial charge on any atom is 0.390 e. The van der Waals surface area contributed by atoms with Gasteiger partial charge in [0.1, 0.15) is 5.75 Å². The van der Waals surface area contributed by atoms with E-state index in [0.29, 0.717) is 5.56 Å². The van der Waals surface area contributed by atoms with Crippen molar-refractivity contribution in [1.82, 2.24) is 5.32 Å². The number of halogens is 3. The monoisotopic (exact) mass is 247 g/mol. The highest BCUT2D eigenvalue weighted by Gasteiger charge is 2.26. The van der Waals surface area contributed by atoms with Gasteiger partial charge < -0.3 is 10.4 Å².